The van der Waals surface area contributed by atoms with Crippen LogP contribution in [-0.2, 0) is 4.79 Å². The Bertz CT molecular complexity index is 501. The molecule has 0 aromatic heterocycles. The van der Waals surface area contributed by atoms with Gasteiger partial charge in [-0.25, -0.2) is 0 Å². The van der Waals surface area contributed by atoms with Crippen molar-refractivity contribution in [2.45, 2.75) is 32.6 Å². The Morgan fingerprint density at radius 2 is 2.00 bits per heavy atom. The summed E-state index contributed by atoms with van der Waals surface area (Å²) in [5.41, 5.74) is 0.611. The predicted molar refractivity (Wildman–Crippen MR) is 83.9 cm³/mol. The van der Waals surface area contributed by atoms with Gasteiger partial charge >= 0.3 is 0 Å². The zero-order valence-electron chi connectivity index (χ0n) is 12.6. The Balaban J connectivity index is 2.27. The summed E-state index contributed by atoms with van der Waals surface area (Å²) in [6.45, 7) is 4.34. The molecule has 1 N–H and O–H groups in total. The van der Waals surface area contributed by atoms with E-state index in [1.165, 1.54) is 0 Å². The van der Waals surface area contributed by atoms with E-state index in [-0.39, 0.29) is 11.3 Å². The minimum Gasteiger partial charge on any atom is -0.317 e. The number of hydrogen-bond donors (Lipinski definition) is 1. The van der Waals surface area contributed by atoms with Gasteiger partial charge < -0.3 is 10.2 Å². The first-order valence-electron chi connectivity index (χ1n) is 7.68. The summed E-state index contributed by atoms with van der Waals surface area (Å²) in [7, 11) is 0. The van der Waals surface area contributed by atoms with E-state index in [2.05, 4.69) is 18.3 Å². The number of para-hydroxylation sites is 1. The van der Waals surface area contributed by atoms with Gasteiger partial charge in [-0.1, -0.05) is 25.1 Å². The van der Waals surface area contributed by atoms with Crippen molar-refractivity contribution in [1.82, 2.24) is 5.32 Å². The largest absolute Gasteiger partial charge is 0.317 e. The summed E-state index contributed by atoms with van der Waals surface area (Å²) in [5.74, 6) is 0.174. The molecule has 0 atom stereocenters. The second kappa shape index (κ2) is 7.24. The van der Waals surface area contributed by atoms with Crippen LogP contribution in [0.3, 0.4) is 0 Å². The maximum Gasteiger partial charge on any atom is 0.233 e. The highest BCUT2D eigenvalue weighted by atomic mass is 16.2. The smallest absolute Gasteiger partial charge is 0.233 e. The highest BCUT2D eigenvalue weighted by molar-refractivity contribution is 5.97. The Morgan fingerprint density at radius 1 is 1.33 bits per heavy atom. The number of nitriles is 1. The summed E-state index contributed by atoms with van der Waals surface area (Å²) in [4.78, 5) is 14.9. The van der Waals surface area contributed by atoms with Crippen LogP contribution in [0.5, 0.6) is 0 Å². The minimum absolute atomic E-state index is 0.174. The van der Waals surface area contributed by atoms with E-state index in [0.29, 0.717) is 13.0 Å². The molecule has 0 bridgehead atoms. The third-order valence-corrected chi connectivity index (χ3v) is 4.45. The molecule has 0 aliphatic carbocycles. The maximum atomic E-state index is 13.1. The lowest BCUT2D eigenvalue weighted by molar-refractivity contribution is -0.130. The molecule has 4 nitrogen and oxygen atoms in total. The predicted octanol–water partition coefficient (Wildman–Crippen LogP) is 2.71. The van der Waals surface area contributed by atoms with Crippen LogP contribution in [0.25, 0.3) is 0 Å². The second-order valence-electron chi connectivity index (χ2n) is 5.58. The molecule has 2 rings (SSSR count). The summed E-state index contributed by atoms with van der Waals surface area (Å²) >= 11 is 0. The third kappa shape index (κ3) is 3.43. The molecule has 1 fully saturated rings. The molecule has 0 unspecified atom stereocenters. The van der Waals surface area contributed by atoms with E-state index in [0.717, 1.165) is 38.0 Å². The topological polar surface area (TPSA) is 56.1 Å². The van der Waals surface area contributed by atoms with Gasteiger partial charge in [0.2, 0.25) is 5.91 Å². The minimum atomic E-state index is -0.281. The number of nitrogens with zero attached hydrogens (tertiary/aromatic N) is 2. The van der Waals surface area contributed by atoms with E-state index in [9.17, 15) is 4.79 Å². The van der Waals surface area contributed by atoms with E-state index in [4.69, 9.17) is 5.26 Å². The van der Waals surface area contributed by atoms with E-state index >= 15 is 0 Å². The van der Waals surface area contributed by atoms with Crippen LogP contribution >= 0.6 is 0 Å². The Kier molecular flexibility index (Phi) is 5.35. The fourth-order valence-electron chi connectivity index (χ4n) is 3.03. The Hall–Kier alpha value is -1.86. The molecule has 21 heavy (non-hydrogen) atoms. The molecule has 1 aliphatic heterocycles. The first kappa shape index (κ1) is 15.5. The maximum absolute atomic E-state index is 13.1. The number of benzene rings is 1. The van der Waals surface area contributed by atoms with Crippen LogP contribution in [0.2, 0.25) is 0 Å². The molecule has 0 spiro atoms. The van der Waals surface area contributed by atoms with E-state index < -0.39 is 0 Å². The zero-order valence-corrected chi connectivity index (χ0v) is 12.6. The molecule has 1 aromatic rings. The first-order chi connectivity index (χ1) is 10.2. The molecule has 112 valence electrons. The fourth-order valence-corrected chi connectivity index (χ4v) is 3.03. The van der Waals surface area contributed by atoms with Gasteiger partial charge in [-0.2, -0.15) is 5.26 Å². The average molecular weight is 285 g/mol. The SMILES string of the molecule is CCC1(C(=O)N(CCC#N)c2ccccc2)CCNCC1. The number of amides is 1. The van der Waals surface area contributed by atoms with Crippen LogP contribution in [0.4, 0.5) is 5.69 Å². The Labute approximate surface area is 126 Å². The van der Waals surface area contributed by atoms with Crippen LogP contribution in [0, 0.1) is 16.7 Å². The van der Waals surface area contributed by atoms with Crippen LogP contribution < -0.4 is 10.2 Å². The molecule has 1 heterocycles. The van der Waals surface area contributed by atoms with Gasteiger partial charge in [0, 0.05) is 12.2 Å². The third-order valence-electron chi connectivity index (χ3n) is 4.45. The number of nitrogens with one attached hydrogen (secondary N) is 1. The molecule has 0 radical (unpaired) electrons. The molecular formula is C17H23N3O. The van der Waals surface area contributed by atoms with Crippen molar-refractivity contribution in [3.63, 3.8) is 0 Å². The lowest BCUT2D eigenvalue weighted by Gasteiger charge is -2.39. The lowest BCUT2D eigenvalue weighted by Crippen LogP contribution is -2.49. The summed E-state index contributed by atoms with van der Waals surface area (Å²) in [6.07, 6.45) is 2.96. The molecule has 1 saturated heterocycles. The van der Waals surface area contributed by atoms with E-state index in [1.807, 2.05) is 30.3 Å². The van der Waals surface area contributed by atoms with E-state index in [1.54, 1.807) is 4.90 Å². The summed E-state index contributed by atoms with van der Waals surface area (Å²) in [5, 5.41) is 12.2. The number of anilines is 1. The van der Waals surface area contributed by atoms with Crippen molar-refractivity contribution >= 4 is 11.6 Å². The van der Waals surface area contributed by atoms with Crippen LogP contribution in [0.1, 0.15) is 32.6 Å². The van der Waals surface area contributed by atoms with Gasteiger partial charge in [-0.05, 0) is 44.5 Å². The van der Waals surface area contributed by atoms with Gasteiger partial charge in [0.15, 0.2) is 0 Å². The molecule has 1 amide bonds. The monoisotopic (exact) mass is 285 g/mol. The molecule has 4 heteroatoms. The standard InChI is InChI=1S/C17H23N3O/c1-2-17(9-12-19-13-10-17)16(21)20(14-6-11-18)15-7-4-3-5-8-15/h3-5,7-8,19H,2,6,9-10,12-14H2,1H3. The van der Waals surface area contributed by atoms with Gasteiger partial charge in [-0.15, -0.1) is 0 Å². The molecular weight excluding hydrogens is 262 g/mol. The highest BCUT2D eigenvalue weighted by Crippen LogP contribution is 2.36. The first-order valence-corrected chi connectivity index (χ1v) is 7.68. The number of carbonyl (C=O) groups is 1. The van der Waals surface area contributed by atoms with Crippen molar-refractivity contribution in [3.8, 4) is 6.07 Å². The number of hydrogen-bond acceptors (Lipinski definition) is 3. The summed E-state index contributed by atoms with van der Waals surface area (Å²) < 4.78 is 0. The molecule has 0 saturated carbocycles. The number of carbonyl (C=O) groups excluding carboxylic acids is 1. The van der Waals surface area contributed by atoms with Crippen molar-refractivity contribution in [3.05, 3.63) is 30.3 Å². The highest BCUT2D eigenvalue weighted by Gasteiger charge is 2.40. The quantitative estimate of drug-likeness (QED) is 0.905. The molecule has 1 aliphatic rings. The zero-order chi connectivity index (χ0) is 15.1. The van der Waals surface area contributed by atoms with Crippen molar-refractivity contribution in [2.24, 2.45) is 5.41 Å². The lowest BCUT2D eigenvalue weighted by atomic mass is 9.75. The van der Waals surface area contributed by atoms with Crippen molar-refractivity contribution < 1.29 is 4.79 Å². The van der Waals surface area contributed by atoms with Crippen molar-refractivity contribution in [2.75, 3.05) is 24.5 Å². The van der Waals surface area contributed by atoms with Gasteiger partial charge in [0.1, 0.15) is 0 Å². The van der Waals surface area contributed by atoms with Gasteiger partial charge in [-0.3, -0.25) is 4.79 Å². The summed E-state index contributed by atoms with van der Waals surface area (Å²) in [6, 6.07) is 11.8. The number of rotatable bonds is 5. The fraction of sp³-hybridized carbons (Fsp3) is 0.529. The van der Waals surface area contributed by atoms with Crippen molar-refractivity contribution in [1.29, 1.82) is 5.26 Å². The molecule has 1 aromatic carbocycles. The van der Waals surface area contributed by atoms with Crippen LogP contribution in [-0.4, -0.2) is 25.5 Å². The van der Waals surface area contributed by atoms with Crippen LogP contribution in [0.15, 0.2) is 30.3 Å². The Morgan fingerprint density at radius 3 is 2.57 bits per heavy atom. The normalized spacial score (nSPS) is 17.0. The second-order valence-corrected chi connectivity index (χ2v) is 5.58. The average Bonchev–Trinajstić information content (AvgIpc) is 2.56. The van der Waals surface area contributed by atoms with Gasteiger partial charge in [0.05, 0.1) is 17.9 Å². The van der Waals surface area contributed by atoms with Gasteiger partial charge in [0.25, 0.3) is 0 Å². The number of piperidine rings is 1.